The molecule has 0 saturated heterocycles. The first kappa shape index (κ1) is 19.8. The van der Waals surface area contributed by atoms with Gasteiger partial charge in [0.15, 0.2) is 0 Å². The lowest BCUT2D eigenvalue weighted by atomic mass is 10.3. The molecule has 144 valence electrons. The van der Waals surface area contributed by atoms with E-state index in [1.807, 2.05) is 78.9 Å². The Bertz CT molecular complexity index is 903. The molecule has 0 unspecified atom stereocenters. The molecule has 5 nitrogen and oxygen atoms in total. The van der Waals surface area contributed by atoms with Crippen molar-refractivity contribution in [3.63, 3.8) is 0 Å². The molecule has 3 aromatic rings. The fourth-order valence-electron chi connectivity index (χ4n) is 2.50. The number of ether oxygens (including phenoxy) is 2. The van der Waals surface area contributed by atoms with Gasteiger partial charge in [0, 0.05) is 10.2 Å². The van der Waals surface area contributed by atoms with E-state index in [0.717, 1.165) is 15.9 Å². The Hall–Kier alpha value is -2.99. The van der Waals surface area contributed by atoms with Crippen LogP contribution in [-0.2, 0) is 4.79 Å². The number of halogens is 1. The summed E-state index contributed by atoms with van der Waals surface area (Å²) in [4.78, 5) is 12.3. The average molecular weight is 441 g/mol. The van der Waals surface area contributed by atoms with Crippen LogP contribution >= 0.6 is 15.9 Å². The molecule has 3 aromatic carbocycles. The summed E-state index contributed by atoms with van der Waals surface area (Å²) < 4.78 is 12.3. The number of para-hydroxylation sites is 4. The molecule has 0 bridgehead atoms. The highest BCUT2D eigenvalue weighted by Crippen LogP contribution is 2.24. The van der Waals surface area contributed by atoms with Crippen molar-refractivity contribution in [2.24, 2.45) is 0 Å². The Kier molecular flexibility index (Phi) is 7.32. The molecule has 0 spiro atoms. The first-order chi connectivity index (χ1) is 13.7. The number of carbonyl (C=O) groups is 1. The van der Waals surface area contributed by atoms with E-state index in [-0.39, 0.29) is 12.5 Å². The molecule has 0 atom stereocenters. The Morgan fingerprint density at radius 2 is 1.43 bits per heavy atom. The second-order valence-corrected chi connectivity index (χ2v) is 6.74. The molecular formula is C22H21BrN2O3. The summed E-state index contributed by atoms with van der Waals surface area (Å²) >= 11 is 3.45. The van der Waals surface area contributed by atoms with E-state index in [1.54, 1.807) is 0 Å². The lowest BCUT2D eigenvalue weighted by Gasteiger charge is -2.14. The van der Waals surface area contributed by atoms with E-state index in [9.17, 15) is 4.79 Å². The average Bonchev–Trinajstić information content (AvgIpc) is 2.72. The Labute approximate surface area is 172 Å². The van der Waals surface area contributed by atoms with E-state index in [4.69, 9.17) is 9.47 Å². The molecule has 0 aliphatic carbocycles. The molecule has 0 aliphatic rings. The number of hydrogen-bond donors (Lipinski definition) is 2. The zero-order valence-corrected chi connectivity index (χ0v) is 16.8. The molecule has 0 aromatic heterocycles. The van der Waals surface area contributed by atoms with Crippen molar-refractivity contribution < 1.29 is 14.3 Å². The minimum atomic E-state index is -0.160. The third kappa shape index (κ3) is 6.03. The fourth-order valence-corrected chi connectivity index (χ4v) is 2.92. The van der Waals surface area contributed by atoms with E-state index >= 15 is 0 Å². The van der Waals surface area contributed by atoms with Crippen LogP contribution in [0.5, 0.6) is 11.5 Å². The van der Waals surface area contributed by atoms with Crippen molar-refractivity contribution in [2.75, 3.05) is 30.4 Å². The van der Waals surface area contributed by atoms with E-state index in [2.05, 4.69) is 26.6 Å². The second-order valence-electron chi connectivity index (χ2n) is 5.89. The van der Waals surface area contributed by atoms with Crippen LogP contribution in [0, 0.1) is 0 Å². The third-order valence-electron chi connectivity index (χ3n) is 3.83. The first-order valence-electron chi connectivity index (χ1n) is 8.90. The molecule has 3 rings (SSSR count). The van der Waals surface area contributed by atoms with Crippen molar-refractivity contribution in [2.45, 2.75) is 0 Å². The summed E-state index contributed by atoms with van der Waals surface area (Å²) in [6, 6.07) is 24.6. The van der Waals surface area contributed by atoms with Crippen molar-refractivity contribution in [3.8, 4) is 11.5 Å². The van der Waals surface area contributed by atoms with E-state index in [1.165, 1.54) is 0 Å². The third-order valence-corrected chi connectivity index (χ3v) is 4.52. The molecule has 0 saturated carbocycles. The fraction of sp³-hybridized carbons (Fsp3) is 0.136. The minimum Gasteiger partial charge on any atom is -0.490 e. The molecule has 1 amide bonds. The Balaban J connectivity index is 1.49. The van der Waals surface area contributed by atoms with Crippen LogP contribution in [0.1, 0.15) is 0 Å². The molecule has 2 N–H and O–H groups in total. The maximum Gasteiger partial charge on any atom is 0.243 e. The van der Waals surface area contributed by atoms with Gasteiger partial charge < -0.3 is 20.1 Å². The largest absolute Gasteiger partial charge is 0.490 e. The monoisotopic (exact) mass is 440 g/mol. The van der Waals surface area contributed by atoms with Crippen LogP contribution in [-0.4, -0.2) is 25.7 Å². The lowest BCUT2D eigenvalue weighted by Crippen LogP contribution is -2.22. The quantitative estimate of drug-likeness (QED) is 0.461. The lowest BCUT2D eigenvalue weighted by molar-refractivity contribution is -0.114. The van der Waals surface area contributed by atoms with Gasteiger partial charge >= 0.3 is 0 Å². The topological polar surface area (TPSA) is 59.6 Å². The van der Waals surface area contributed by atoms with Crippen molar-refractivity contribution in [3.05, 3.63) is 83.3 Å². The molecular weight excluding hydrogens is 420 g/mol. The van der Waals surface area contributed by atoms with Crippen molar-refractivity contribution in [1.29, 1.82) is 0 Å². The molecule has 0 radical (unpaired) electrons. The van der Waals surface area contributed by atoms with Crippen LogP contribution in [0.15, 0.2) is 83.3 Å². The highest BCUT2D eigenvalue weighted by atomic mass is 79.9. The maximum atomic E-state index is 12.3. The highest BCUT2D eigenvalue weighted by Gasteiger charge is 2.08. The van der Waals surface area contributed by atoms with E-state index in [0.29, 0.717) is 24.7 Å². The van der Waals surface area contributed by atoms with Gasteiger partial charge in [0.05, 0.1) is 12.2 Å². The van der Waals surface area contributed by atoms with Crippen LogP contribution < -0.4 is 20.1 Å². The maximum absolute atomic E-state index is 12.3. The number of nitrogens with one attached hydrogen (secondary N) is 2. The van der Waals surface area contributed by atoms with Crippen molar-refractivity contribution in [1.82, 2.24) is 0 Å². The number of hydrogen-bond acceptors (Lipinski definition) is 4. The highest BCUT2D eigenvalue weighted by molar-refractivity contribution is 9.10. The van der Waals surface area contributed by atoms with Crippen LogP contribution in [0.3, 0.4) is 0 Å². The molecule has 28 heavy (non-hydrogen) atoms. The zero-order chi connectivity index (χ0) is 19.6. The first-order valence-corrected chi connectivity index (χ1v) is 9.69. The van der Waals surface area contributed by atoms with Crippen LogP contribution in [0.2, 0.25) is 0 Å². The SMILES string of the molecule is O=C(CNc1ccccc1Br)Nc1ccccc1OCCOc1ccccc1. The van der Waals surface area contributed by atoms with Gasteiger partial charge in [-0.25, -0.2) is 0 Å². The smallest absolute Gasteiger partial charge is 0.243 e. The Morgan fingerprint density at radius 3 is 2.21 bits per heavy atom. The predicted octanol–water partition coefficient (Wildman–Crippen LogP) is 4.96. The molecule has 0 fully saturated rings. The predicted molar refractivity (Wildman–Crippen MR) is 115 cm³/mol. The summed E-state index contributed by atoms with van der Waals surface area (Å²) in [5.74, 6) is 1.24. The minimum absolute atomic E-state index is 0.147. The Morgan fingerprint density at radius 1 is 0.786 bits per heavy atom. The normalized spacial score (nSPS) is 10.2. The van der Waals surface area contributed by atoms with Crippen LogP contribution in [0.25, 0.3) is 0 Å². The van der Waals surface area contributed by atoms with Crippen molar-refractivity contribution >= 4 is 33.2 Å². The summed E-state index contributed by atoms with van der Waals surface area (Å²) in [6.07, 6.45) is 0. The van der Waals surface area contributed by atoms with Gasteiger partial charge in [-0.1, -0.05) is 42.5 Å². The number of carbonyl (C=O) groups excluding carboxylic acids is 1. The molecule has 0 heterocycles. The summed E-state index contributed by atoms with van der Waals surface area (Å²) in [7, 11) is 0. The van der Waals surface area contributed by atoms with Gasteiger partial charge in [0.2, 0.25) is 5.91 Å². The van der Waals surface area contributed by atoms with Gasteiger partial charge in [-0.2, -0.15) is 0 Å². The van der Waals surface area contributed by atoms with Gasteiger partial charge in [0.1, 0.15) is 24.7 Å². The number of rotatable bonds is 9. The molecule has 6 heteroatoms. The standard InChI is InChI=1S/C22H21BrN2O3/c23-18-10-4-5-11-19(18)24-16-22(26)25-20-12-6-7-13-21(20)28-15-14-27-17-8-2-1-3-9-17/h1-13,24H,14-16H2,(H,25,26). The zero-order valence-electron chi connectivity index (χ0n) is 15.2. The number of anilines is 2. The van der Waals surface area contributed by atoms with Gasteiger partial charge in [0.25, 0.3) is 0 Å². The number of amides is 1. The summed E-state index contributed by atoms with van der Waals surface area (Å²) in [5, 5.41) is 5.98. The van der Waals surface area contributed by atoms with Gasteiger partial charge in [-0.3, -0.25) is 4.79 Å². The summed E-state index contributed by atoms with van der Waals surface area (Å²) in [5.41, 5.74) is 1.49. The summed E-state index contributed by atoms with van der Waals surface area (Å²) in [6.45, 7) is 0.931. The van der Waals surface area contributed by atoms with Crippen LogP contribution in [0.4, 0.5) is 11.4 Å². The van der Waals surface area contributed by atoms with Gasteiger partial charge in [-0.05, 0) is 52.3 Å². The van der Waals surface area contributed by atoms with E-state index < -0.39 is 0 Å². The second kappa shape index (κ2) is 10.4. The van der Waals surface area contributed by atoms with Gasteiger partial charge in [-0.15, -0.1) is 0 Å². The number of benzene rings is 3. The molecule has 0 aliphatic heterocycles.